The molecule has 0 fully saturated rings. The first-order valence-corrected chi connectivity index (χ1v) is 7.59. The Morgan fingerprint density at radius 3 is 2.39 bits per heavy atom. The lowest BCUT2D eigenvalue weighted by Gasteiger charge is -2.09. The van der Waals surface area contributed by atoms with Crippen molar-refractivity contribution in [2.24, 2.45) is 0 Å². The molecule has 0 aromatic heterocycles. The minimum absolute atomic E-state index is 0.0233. The van der Waals surface area contributed by atoms with Crippen LogP contribution in [0.5, 0.6) is 0 Å². The normalized spacial score (nSPS) is 9.78. The molecule has 23 heavy (non-hydrogen) atoms. The Hall–Kier alpha value is -2.57. The second kappa shape index (κ2) is 11.1. The minimum atomic E-state index is -0.915. The Labute approximate surface area is 135 Å². The average Bonchev–Trinajstić information content (AvgIpc) is 2.56. The fourth-order valence-electron chi connectivity index (χ4n) is 1.67. The van der Waals surface area contributed by atoms with Gasteiger partial charge in [-0.15, -0.1) is 0 Å². The molecule has 1 aromatic carbocycles. The summed E-state index contributed by atoms with van der Waals surface area (Å²) < 4.78 is 9.57. The summed E-state index contributed by atoms with van der Waals surface area (Å²) in [5.41, 5.74) is 0.845. The van der Waals surface area contributed by atoms with E-state index in [1.54, 1.807) is 6.92 Å². The van der Waals surface area contributed by atoms with Crippen molar-refractivity contribution in [2.75, 3.05) is 13.1 Å². The van der Waals surface area contributed by atoms with Crippen molar-refractivity contribution in [1.82, 2.24) is 10.6 Å². The van der Waals surface area contributed by atoms with Crippen LogP contribution in [0.4, 0.5) is 4.79 Å². The predicted molar refractivity (Wildman–Crippen MR) is 86.0 cm³/mol. The highest BCUT2D eigenvalue weighted by Crippen LogP contribution is 2.01. The first-order chi connectivity index (χ1) is 11.1. The molecule has 7 heteroatoms. The molecule has 0 spiro atoms. The van der Waals surface area contributed by atoms with Crippen LogP contribution >= 0.6 is 0 Å². The third kappa shape index (κ3) is 9.13. The van der Waals surface area contributed by atoms with Gasteiger partial charge >= 0.3 is 6.16 Å². The van der Waals surface area contributed by atoms with Crippen LogP contribution in [0.25, 0.3) is 0 Å². The van der Waals surface area contributed by atoms with Gasteiger partial charge in [-0.1, -0.05) is 37.3 Å². The molecule has 1 aromatic rings. The van der Waals surface area contributed by atoms with Crippen LogP contribution in [0.2, 0.25) is 0 Å². The Balaban J connectivity index is 2.04. The molecule has 0 unspecified atom stereocenters. The number of benzene rings is 1. The highest BCUT2D eigenvalue weighted by molar-refractivity contribution is 5.82. The maximum Gasteiger partial charge on any atom is 0.516 e. The first kappa shape index (κ1) is 18.5. The van der Waals surface area contributed by atoms with E-state index in [1.165, 1.54) is 0 Å². The van der Waals surface area contributed by atoms with Crippen molar-refractivity contribution in [1.29, 1.82) is 5.41 Å². The van der Waals surface area contributed by atoms with Crippen molar-refractivity contribution in [3.05, 3.63) is 35.9 Å². The number of hydrogen-bond acceptors (Lipinski definition) is 5. The number of ether oxygens (including phenoxy) is 2. The van der Waals surface area contributed by atoms with Crippen LogP contribution in [-0.4, -0.2) is 31.2 Å². The first-order valence-electron chi connectivity index (χ1n) is 7.59. The van der Waals surface area contributed by atoms with Gasteiger partial charge in [-0.2, -0.15) is 0 Å². The number of amidine groups is 1. The van der Waals surface area contributed by atoms with Gasteiger partial charge in [0.05, 0.1) is 0 Å². The third-order valence-corrected chi connectivity index (χ3v) is 2.92. The number of unbranched alkanes of at least 4 members (excludes halogenated alkanes) is 1. The molecule has 3 N–H and O–H groups in total. The van der Waals surface area contributed by atoms with Crippen molar-refractivity contribution in [3.63, 3.8) is 0 Å². The Morgan fingerprint density at radius 1 is 1.09 bits per heavy atom. The van der Waals surface area contributed by atoms with Gasteiger partial charge in [0.1, 0.15) is 6.61 Å². The molecule has 0 atom stereocenters. The van der Waals surface area contributed by atoms with E-state index >= 15 is 0 Å². The Morgan fingerprint density at radius 2 is 1.74 bits per heavy atom. The number of nitrogens with one attached hydrogen (secondary N) is 3. The van der Waals surface area contributed by atoms with E-state index < -0.39 is 6.16 Å². The zero-order valence-electron chi connectivity index (χ0n) is 13.3. The molecule has 0 saturated heterocycles. The summed E-state index contributed by atoms with van der Waals surface area (Å²) in [6.45, 7) is 2.98. The molecule has 0 bridgehead atoms. The zero-order valence-corrected chi connectivity index (χ0v) is 13.3. The number of hydrogen-bond donors (Lipinski definition) is 3. The molecule has 0 aliphatic carbocycles. The summed E-state index contributed by atoms with van der Waals surface area (Å²) in [6.07, 6.45) is 1.09. The number of rotatable bonds is 8. The van der Waals surface area contributed by atoms with Crippen molar-refractivity contribution in [2.45, 2.75) is 32.8 Å². The summed E-state index contributed by atoms with van der Waals surface area (Å²) in [5, 5.41) is 12.9. The van der Waals surface area contributed by atoms with E-state index in [1.807, 2.05) is 30.3 Å². The van der Waals surface area contributed by atoms with Crippen LogP contribution in [0.15, 0.2) is 30.3 Å². The highest BCUT2D eigenvalue weighted by Gasteiger charge is 2.08. The average molecular weight is 321 g/mol. The summed E-state index contributed by atoms with van der Waals surface area (Å²) in [5.74, 6) is 0.0233. The Kier molecular flexibility index (Phi) is 8.88. The molecule has 0 saturated carbocycles. The van der Waals surface area contributed by atoms with Gasteiger partial charge in [-0.05, 0) is 18.4 Å². The number of amides is 1. The maximum atomic E-state index is 11.4. The molecule has 0 aliphatic heterocycles. The van der Waals surface area contributed by atoms with Gasteiger partial charge in [-0.3, -0.25) is 10.2 Å². The van der Waals surface area contributed by atoms with E-state index in [2.05, 4.69) is 15.4 Å². The van der Waals surface area contributed by atoms with Crippen LogP contribution in [0.3, 0.4) is 0 Å². The largest absolute Gasteiger partial charge is 0.516 e. The zero-order chi connectivity index (χ0) is 16.9. The van der Waals surface area contributed by atoms with Gasteiger partial charge in [0.2, 0.25) is 5.91 Å². The standard InChI is InChI=1S/C16H23N3O4/c1-2-14(20)18-10-6-7-11-19-15(17)23-16(21)22-12-13-8-4-3-5-9-13/h3-5,8-9H,2,6-7,10-12H2,1H3,(H2,17,19)(H,18,20). The summed E-state index contributed by atoms with van der Waals surface area (Å²) in [6, 6.07) is 8.87. The van der Waals surface area contributed by atoms with E-state index in [4.69, 9.17) is 10.1 Å². The second-order valence-electron chi connectivity index (χ2n) is 4.79. The minimum Gasteiger partial charge on any atom is -0.429 e. The van der Waals surface area contributed by atoms with Crippen molar-refractivity contribution < 1.29 is 19.1 Å². The maximum absolute atomic E-state index is 11.4. The molecule has 7 nitrogen and oxygen atoms in total. The van der Waals surface area contributed by atoms with Gasteiger partial charge < -0.3 is 20.1 Å². The fourth-order valence-corrected chi connectivity index (χ4v) is 1.67. The number of carbonyl (C=O) groups is 2. The lowest BCUT2D eigenvalue weighted by molar-refractivity contribution is -0.120. The fraction of sp³-hybridized carbons (Fsp3) is 0.438. The smallest absolute Gasteiger partial charge is 0.429 e. The van der Waals surface area contributed by atoms with Crippen LogP contribution in [0, 0.1) is 5.41 Å². The van der Waals surface area contributed by atoms with E-state index in [0.29, 0.717) is 19.5 Å². The highest BCUT2D eigenvalue weighted by atomic mass is 16.7. The molecule has 0 heterocycles. The topological polar surface area (TPSA) is 101 Å². The van der Waals surface area contributed by atoms with Gasteiger partial charge in [0.15, 0.2) is 0 Å². The molecule has 1 rings (SSSR count). The van der Waals surface area contributed by atoms with Gasteiger partial charge in [0.25, 0.3) is 6.02 Å². The molecule has 0 radical (unpaired) electrons. The summed E-state index contributed by atoms with van der Waals surface area (Å²) >= 11 is 0. The van der Waals surface area contributed by atoms with Crippen molar-refractivity contribution >= 4 is 18.1 Å². The van der Waals surface area contributed by atoms with E-state index in [9.17, 15) is 9.59 Å². The molecule has 1 amide bonds. The SMILES string of the molecule is CCC(=O)NCCCCNC(=N)OC(=O)OCc1ccccc1. The lowest BCUT2D eigenvalue weighted by atomic mass is 10.2. The van der Waals surface area contributed by atoms with E-state index in [0.717, 1.165) is 18.4 Å². The molecule has 0 aliphatic rings. The molecular weight excluding hydrogens is 298 g/mol. The van der Waals surface area contributed by atoms with Gasteiger partial charge in [-0.25, -0.2) is 4.79 Å². The van der Waals surface area contributed by atoms with E-state index in [-0.39, 0.29) is 18.5 Å². The second-order valence-corrected chi connectivity index (χ2v) is 4.79. The van der Waals surface area contributed by atoms with Crippen molar-refractivity contribution in [3.8, 4) is 0 Å². The van der Waals surface area contributed by atoms with Crippen LogP contribution in [0.1, 0.15) is 31.7 Å². The summed E-state index contributed by atoms with van der Waals surface area (Å²) in [4.78, 5) is 22.4. The lowest BCUT2D eigenvalue weighted by Crippen LogP contribution is -2.29. The predicted octanol–water partition coefficient (Wildman–Crippen LogP) is 2.17. The molecule has 126 valence electrons. The summed E-state index contributed by atoms with van der Waals surface area (Å²) in [7, 11) is 0. The quantitative estimate of drug-likeness (QED) is 0.295. The number of carbonyl (C=O) groups excluding carboxylic acids is 2. The Bertz CT molecular complexity index is 505. The van der Waals surface area contributed by atoms with Gasteiger partial charge in [0, 0.05) is 19.5 Å². The van der Waals surface area contributed by atoms with Crippen LogP contribution < -0.4 is 10.6 Å². The van der Waals surface area contributed by atoms with Crippen LogP contribution in [-0.2, 0) is 20.9 Å². The molecular formula is C16H23N3O4. The third-order valence-electron chi connectivity index (χ3n) is 2.92. The monoisotopic (exact) mass is 321 g/mol.